The number of nitrogen functional groups attached to an aromatic ring is 1. The summed E-state index contributed by atoms with van der Waals surface area (Å²) in [5, 5.41) is 12.7. The fraction of sp³-hybridized carbons (Fsp3) is 0. The normalized spacial score (nSPS) is 9.90. The molecule has 1 aromatic carbocycles. The van der Waals surface area contributed by atoms with E-state index in [4.69, 9.17) is 5.73 Å². The van der Waals surface area contributed by atoms with E-state index < -0.39 is 5.91 Å². The third kappa shape index (κ3) is 2.76. The van der Waals surface area contributed by atoms with Crippen LogP contribution >= 0.6 is 0 Å². The van der Waals surface area contributed by atoms with Gasteiger partial charge in [-0.05, 0) is 23.8 Å². The van der Waals surface area contributed by atoms with Gasteiger partial charge in [0, 0.05) is 11.8 Å². The maximum atomic E-state index is 12.2. The van der Waals surface area contributed by atoms with Crippen molar-refractivity contribution in [2.24, 2.45) is 0 Å². The number of nitrogens with zero attached hydrogens (tertiary/aromatic N) is 1. The second-order valence-electron chi connectivity index (χ2n) is 4.27. The summed E-state index contributed by atoms with van der Waals surface area (Å²) in [6.07, 6.45) is 4.61. The molecule has 5 nitrogen and oxygen atoms in total. The Morgan fingerprint density at radius 2 is 2.10 bits per heavy atom. The zero-order valence-electron chi connectivity index (χ0n) is 11.3. The van der Waals surface area contributed by atoms with Crippen LogP contribution in [0.1, 0.15) is 21.5 Å². The Morgan fingerprint density at radius 1 is 1.33 bits per heavy atom. The fourth-order valence-electron chi connectivity index (χ4n) is 1.92. The van der Waals surface area contributed by atoms with Gasteiger partial charge in [0.25, 0.3) is 5.91 Å². The van der Waals surface area contributed by atoms with Crippen molar-refractivity contribution in [3.63, 3.8) is 0 Å². The summed E-state index contributed by atoms with van der Waals surface area (Å²) >= 11 is 0. The average molecular weight is 281 g/mol. The molecule has 1 aromatic heterocycles. The van der Waals surface area contributed by atoms with E-state index in [1.807, 2.05) is 0 Å². The van der Waals surface area contributed by atoms with Gasteiger partial charge in [-0.1, -0.05) is 31.4 Å². The number of aromatic nitrogens is 1. The first-order valence-corrected chi connectivity index (χ1v) is 6.21. The molecule has 1 amide bonds. The fourth-order valence-corrected chi connectivity index (χ4v) is 1.92. The number of benzene rings is 1. The van der Waals surface area contributed by atoms with Gasteiger partial charge in [-0.3, -0.25) is 4.79 Å². The number of amides is 1. The van der Waals surface area contributed by atoms with Gasteiger partial charge in [-0.2, -0.15) is 0 Å². The Kier molecular flexibility index (Phi) is 4.04. The van der Waals surface area contributed by atoms with E-state index in [1.54, 1.807) is 30.5 Å². The first kappa shape index (κ1) is 14.3. The monoisotopic (exact) mass is 281 g/mol. The minimum Gasteiger partial charge on any atom is -0.505 e. The van der Waals surface area contributed by atoms with Crippen LogP contribution in [0, 0.1) is 0 Å². The molecule has 0 bridgehead atoms. The Bertz CT molecular complexity index is 709. The maximum absolute atomic E-state index is 12.2. The highest BCUT2D eigenvalue weighted by Gasteiger charge is 2.18. The Labute approximate surface area is 122 Å². The highest BCUT2D eigenvalue weighted by molar-refractivity contribution is 6.08. The average Bonchev–Trinajstić information content (AvgIpc) is 2.50. The van der Waals surface area contributed by atoms with Gasteiger partial charge in [0.2, 0.25) is 0 Å². The van der Waals surface area contributed by atoms with Crippen molar-refractivity contribution >= 4 is 29.6 Å². The number of rotatable bonds is 4. The molecule has 0 saturated carbocycles. The largest absolute Gasteiger partial charge is 0.505 e. The quantitative estimate of drug-likeness (QED) is 0.594. The van der Waals surface area contributed by atoms with Crippen LogP contribution in [0.25, 0.3) is 12.2 Å². The molecule has 0 unspecified atom stereocenters. The highest BCUT2D eigenvalue weighted by Crippen LogP contribution is 2.33. The van der Waals surface area contributed by atoms with E-state index >= 15 is 0 Å². The van der Waals surface area contributed by atoms with Gasteiger partial charge >= 0.3 is 0 Å². The van der Waals surface area contributed by atoms with Crippen molar-refractivity contribution in [2.75, 3.05) is 11.1 Å². The molecule has 0 spiro atoms. The molecule has 4 N–H and O–H groups in total. The Balaban J connectivity index is 2.44. The molecule has 1 heterocycles. The lowest BCUT2D eigenvalue weighted by molar-refractivity contribution is 0.102. The van der Waals surface area contributed by atoms with Gasteiger partial charge in [0.15, 0.2) is 5.75 Å². The van der Waals surface area contributed by atoms with Gasteiger partial charge in [-0.25, -0.2) is 4.98 Å². The smallest absolute Gasteiger partial charge is 0.260 e. The van der Waals surface area contributed by atoms with Crippen LogP contribution in [0.5, 0.6) is 5.75 Å². The van der Waals surface area contributed by atoms with E-state index in [0.29, 0.717) is 16.9 Å². The van der Waals surface area contributed by atoms with Gasteiger partial charge in [0.05, 0.1) is 11.3 Å². The number of hydrogen-bond acceptors (Lipinski definition) is 4. The number of anilines is 2. The predicted octanol–water partition coefficient (Wildman–Crippen LogP) is 2.91. The standard InChI is InChI=1S/C16H15N3O2/c1-3-10-9-12(15(20)14(17)11(10)4-2)16(21)19-13-7-5-6-8-18-13/h3-9,20H,1-2,17H2,(H,18,19,21). The van der Waals surface area contributed by atoms with E-state index in [1.165, 1.54) is 12.1 Å². The minimum atomic E-state index is -0.503. The van der Waals surface area contributed by atoms with Gasteiger partial charge in [0.1, 0.15) is 5.82 Å². The summed E-state index contributed by atoms with van der Waals surface area (Å²) < 4.78 is 0. The van der Waals surface area contributed by atoms with Crippen LogP contribution in [-0.2, 0) is 0 Å². The number of carbonyl (C=O) groups excluding carboxylic acids is 1. The molecule has 0 fully saturated rings. The zero-order chi connectivity index (χ0) is 15.4. The molecule has 0 aliphatic carbocycles. The molecule has 0 saturated heterocycles. The van der Waals surface area contributed by atoms with E-state index in [2.05, 4.69) is 23.5 Å². The van der Waals surface area contributed by atoms with Gasteiger partial charge < -0.3 is 16.2 Å². The molecular formula is C16H15N3O2. The summed E-state index contributed by atoms with van der Waals surface area (Å²) in [4.78, 5) is 16.2. The number of pyridine rings is 1. The molecular weight excluding hydrogens is 266 g/mol. The lowest BCUT2D eigenvalue weighted by Gasteiger charge is -2.12. The zero-order valence-corrected chi connectivity index (χ0v) is 11.3. The number of hydrogen-bond donors (Lipinski definition) is 3. The Hall–Kier alpha value is -3.08. The topological polar surface area (TPSA) is 88.2 Å². The van der Waals surface area contributed by atoms with Crippen molar-refractivity contribution in [1.29, 1.82) is 0 Å². The SMILES string of the molecule is C=Cc1cc(C(=O)Nc2ccccn2)c(O)c(N)c1C=C. The predicted molar refractivity (Wildman–Crippen MR) is 84.9 cm³/mol. The Morgan fingerprint density at radius 3 is 2.67 bits per heavy atom. The highest BCUT2D eigenvalue weighted by atomic mass is 16.3. The number of aromatic hydroxyl groups is 1. The van der Waals surface area contributed by atoms with E-state index in [9.17, 15) is 9.90 Å². The van der Waals surface area contributed by atoms with Crippen LogP contribution in [0.4, 0.5) is 11.5 Å². The van der Waals surface area contributed by atoms with Crippen LogP contribution in [0.3, 0.4) is 0 Å². The number of carbonyl (C=O) groups is 1. The lowest BCUT2D eigenvalue weighted by atomic mass is 9.99. The minimum absolute atomic E-state index is 0.0543. The van der Waals surface area contributed by atoms with E-state index in [-0.39, 0.29) is 17.0 Å². The van der Waals surface area contributed by atoms with Crippen LogP contribution < -0.4 is 11.1 Å². The number of nitrogens with two attached hydrogens (primary N) is 1. The molecule has 106 valence electrons. The van der Waals surface area contributed by atoms with Crippen molar-refractivity contribution in [1.82, 2.24) is 4.98 Å². The molecule has 5 heteroatoms. The van der Waals surface area contributed by atoms with E-state index in [0.717, 1.165) is 0 Å². The maximum Gasteiger partial charge on any atom is 0.260 e. The molecule has 0 aliphatic rings. The molecule has 0 radical (unpaired) electrons. The number of phenols is 1. The van der Waals surface area contributed by atoms with Crippen molar-refractivity contribution in [2.45, 2.75) is 0 Å². The van der Waals surface area contributed by atoms with Crippen LogP contribution in [0.2, 0.25) is 0 Å². The molecule has 2 aromatic rings. The number of nitrogens with one attached hydrogen (secondary N) is 1. The summed E-state index contributed by atoms with van der Waals surface area (Å²) in [5.41, 5.74) is 7.14. The van der Waals surface area contributed by atoms with Crippen molar-refractivity contribution < 1.29 is 9.90 Å². The van der Waals surface area contributed by atoms with Gasteiger partial charge in [-0.15, -0.1) is 0 Å². The summed E-state index contributed by atoms with van der Waals surface area (Å²) in [7, 11) is 0. The molecule has 21 heavy (non-hydrogen) atoms. The molecule has 0 aliphatic heterocycles. The summed E-state index contributed by atoms with van der Waals surface area (Å²) in [5.74, 6) is -0.408. The van der Waals surface area contributed by atoms with Crippen molar-refractivity contribution in [3.8, 4) is 5.75 Å². The van der Waals surface area contributed by atoms with Crippen molar-refractivity contribution in [3.05, 3.63) is 60.3 Å². The molecule has 2 rings (SSSR count). The molecule has 0 atom stereocenters. The lowest BCUT2D eigenvalue weighted by Crippen LogP contribution is -2.14. The second-order valence-corrected chi connectivity index (χ2v) is 4.27. The third-order valence-electron chi connectivity index (χ3n) is 2.99. The summed E-state index contributed by atoms with van der Waals surface area (Å²) in [6, 6.07) is 6.63. The van der Waals surface area contributed by atoms with Crippen LogP contribution in [0.15, 0.2) is 43.6 Å². The first-order chi connectivity index (χ1) is 10.1. The van der Waals surface area contributed by atoms with Crippen LogP contribution in [-0.4, -0.2) is 16.0 Å². The summed E-state index contributed by atoms with van der Waals surface area (Å²) in [6.45, 7) is 7.30. The third-order valence-corrected chi connectivity index (χ3v) is 2.99. The second kappa shape index (κ2) is 5.92. The first-order valence-electron chi connectivity index (χ1n) is 6.21. The number of phenolic OH excluding ortho intramolecular Hbond substituents is 1.